The van der Waals surface area contributed by atoms with E-state index in [4.69, 9.17) is 5.26 Å². The number of nitro benzene ring substituents is 1. The molecule has 0 aliphatic heterocycles. The van der Waals surface area contributed by atoms with Crippen LogP contribution in [0.15, 0.2) is 17.0 Å². The van der Waals surface area contributed by atoms with Crippen molar-refractivity contribution in [3.05, 3.63) is 33.6 Å². The second-order valence-electron chi connectivity index (χ2n) is 3.46. The maximum Gasteiger partial charge on any atom is 0.310 e. The standard InChI is InChI=1S/C8H4F6N2O2S/c9-7-3-5(19(10,11,12,13)14)4-8(16(17)18)6(7)1-2-15/h3-4H,1H2. The second kappa shape index (κ2) is 3.53. The highest BCUT2D eigenvalue weighted by molar-refractivity contribution is 8.45. The molecular weight excluding hydrogens is 302 g/mol. The Morgan fingerprint density at radius 3 is 2.16 bits per heavy atom. The quantitative estimate of drug-likeness (QED) is 0.470. The van der Waals surface area contributed by atoms with Gasteiger partial charge in [-0.25, -0.2) is 4.39 Å². The highest BCUT2D eigenvalue weighted by atomic mass is 32.5. The van der Waals surface area contributed by atoms with E-state index in [1.165, 1.54) is 6.07 Å². The Morgan fingerprint density at radius 1 is 1.26 bits per heavy atom. The number of hydrogen-bond donors (Lipinski definition) is 0. The first-order valence-corrected chi connectivity index (χ1v) is 6.29. The molecule has 19 heavy (non-hydrogen) atoms. The van der Waals surface area contributed by atoms with E-state index in [0.717, 1.165) is 0 Å². The van der Waals surface area contributed by atoms with Crippen LogP contribution in [-0.2, 0) is 6.42 Å². The SMILES string of the molecule is N#CCc1c(F)cc(S(F)(F)(F)(F)F)cc1[N+](=O)[O-]. The predicted octanol–water partition coefficient (Wildman–Crippen LogP) is 4.46. The minimum Gasteiger partial charge on any atom is -0.258 e. The highest BCUT2D eigenvalue weighted by Crippen LogP contribution is 3.02. The van der Waals surface area contributed by atoms with E-state index >= 15 is 0 Å². The summed E-state index contributed by atoms with van der Waals surface area (Å²) in [5.74, 6) is -1.88. The third-order valence-corrected chi connectivity index (χ3v) is 3.17. The zero-order valence-corrected chi connectivity index (χ0v) is 9.57. The summed E-state index contributed by atoms with van der Waals surface area (Å²) in [6, 6.07) is 0.292. The lowest BCUT2D eigenvalue weighted by molar-refractivity contribution is -0.385. The molecule has 0 atom stereocenters. The van der Waals surface area contributed by atoms with Crippen LogP contribution in [-0.4, -0.2) is 4.92 Å². The summed E-state index contributed by atoms with van der Waals surface area (Å²) in [5, 5.41) is 18.7. The molecule has 0 N–H and O–H groups in total. The molecule has 0 heterocycles. The number of halogens is 6. The molecule has 0 fully saturated rings. The molecule has 0 saturated carbocycles. The summed E-state index contributed by atoms with van der Waals surface area (Å²) in [6.45, 7) is 0. The summed E-state index contributed by atoms with van der Waals surface area (Å²) in [4.78, 5) is 6.31. The van der Waals surface area contributed by atoms with Crippen molar-refractivity contribution in [2.75, 3.05) is 0 Å². The van der Waals surface area contributed by atoms with Crippen molar-refractivity contribution in [1.29, 1.82) is 5.26 Å². The maximum atomic E-state index is 13.3. The normalized spacial score (nSPS) is 15.2. The van der Waals surface area contributed by atoms with Crippen molar-refractivity contribution in [3.8, 4) is 6.07 Å². The van der Waals surface area contributed by atoms with E-state index < -0.39 is 55.7 Å². The lowest BCUT2D eigenvalue weighted by Gasteiger charge is -2.40. The molecule has 1 aromatic carbocycles. The van der Waals surface area contributed by atoms with Gasteiger partial charge >= 0.3 is 10.2 Å². The average molecular weight is 306 g/mol. The van der Waals surface area contributed by atoms with Crippen LogP contribution in [0.2, 0.25) is 0 Å². The summed E-state index contributed by atoms with van der Waals surface area (Å²) < 4.78 is 75.4. The smallest absolute Gasteiger partial charge is 0.258 e. The van der Waals surface area contributed by atoms with Crippen LogP contribution in [0.25, 0.3) is 0 Å². The molecular formula is C8H4F6N2O2S. The fourth-order valence-electron chi connectivity index (χ4n) is 1.24. The monoisotopic (exact) mass is 306 g/mol. The van der Waals surface area contributed by atoms with Gasteiger partial charge in [-0.05, 0) is 6.07 Å². The Balaban J connectivity index is 3.71. The highest BCUT2D eigenvalue weighted by Gasteiger charge is 2.66. The third kappa shape index (κ3) is 3.28. The molecule has 0 aromatic heterocycles. The van der Waals surface area contributed by atoms with Gasteiger partial charge in [0, 0.05) is 6.07 Å². The molecule has 0 unspecified atom stereocenters. The van der Waals surface area contributed by atoms with Crippen LogP contribution in [0.3, 0.4) is 0 Å². The minimum absolute atomic E-state index is 0.461. The van der Waals surface area contributed by atoms with Crippen molar-refractivity contribution in [3.63, 3.8) is 0 Å². The zero-order chi connectivity index (χ0) is 15.1. The Hall–Kier alpha value is -1.96. The molecule has 106 valence electrons. The van der Waals surface area contributed by atoms with E-state index in [-0.39, 0.29) is 0 Å². The Morgan fingerprint density at radius 2 is 1.79 bits per heavy atom. The Bertz CT molecular complexity index is 606. The van der Waals surface area contributed by atoms with Gasteiger partial charge in [0.25, 0.3) is 5.69 Å². The van der Waals surface area contributed by atoms with E-state index in [2.05, 4.69) is 0 Å². The molecule has 0 radical (unpaired) electrons. The zero-order valence-electron chi connectivity index (χ0n) is 8.75. The first-order chi connectivity index (χ1) is 8.26. The van der Waals surface area contributed by atoms with Gasteiger partial charge < -0.3 is 0 Å². The van der Waals surface area contributed by atoms with Gasteiger partial charge in [0.15, 0.2) is 0 Å². The number of benzene rings is 1. The second-order valence-corrected chi connectivity index (χ2v) is 5.87. The van der Waals surface area contributed by atoms with E-state index in [0.29, 0.717) is 0 Å². The number of nitro groups is 1. The van der Waals surface area contributed by atoms with Crippen molar-refractivity contribution in [2.45, 2.75) is 11.3 Å². The molecule has 0 amide bonds. The molecule has 0 saturated heterocycles. The summed E-state index contributed by atoms with van der Waals surface area (Å²) in [7, 11) is -10.2. The Labute approximate surface area is 102 Å². The summed E-state index contributed by atoms with van der Waals surface area (Å²) in [5.41, 5.74) is -2.48. The van der Waals surface area contributed by atoms with Crippen LogP contribution in [0.5, 0.6) is 0 Å². The lowest BCUT2D eigenvalue weighted by Crippen LogP contribution is -2.09. The van der Waals surface area contributed by atoms with Crippen molar-refractivity contribution in [2.24, 2.45) is 0 Å². The summed E-state index contributed by atoms with van der Waals surface area (Å²) >= 11 is 0. The van der Waals surface area contributed by atoms with Gasteiger partial charge in [-0.2, -0.15) is 5.26 Å². The number of hydrogen-bond acceptors (Lipinski definition) is 3. The number of nitrogens with zero attached hydrogens (tertiary/aromatic N) is 2. The van der Waals surface area contributed by atoms with Crippen molar-refractivity contribution >= 4 is 15.9 Å². The molecule has 0 aliphatic carbocycles. The van der Waals surface area contributed by atoms with Gasteiger partial charge in [0.05, 0.1) is 23.0 Å². The first kappa shape index (κ1) is 15.1. The first-order valence-electron chi connectivity index (χ1n) is 4.34. The molecule has 4 nitrogen and oxygen atoms in total. The van der Waals surface area contributed by atoms with E-state index in [1.54, 1.807) is 0 Å². The van der Waals surface area contributed by atoms with Gasteiger partial charge in [-0.3, -0.25) is 10.1 Å². The van der Waals surface area contributed by atoms with Crippen LogP contribution < -0.4 is 0 Å². The largest absolute Gasteiger partial charge is 0.310 e. The van der Waals surface area contributed by atoms with Crippen LogP contribution in [0.4, 0.5) is 29.5 Å². The fourth-order valence-corrected chi connectivity index (χ4v) is 1.90. The van der Waals surface area contributed by atoms with Crippen molar-refractivity contribution in [1.82, 2.24) is 0 Å². The molecule has 1 rings (SSSR count). The van der Waals surface area contributed by atoms with Crippen LogP contribution >= 0.6 is 10.2 Å². The fraction of sp³-hybridized carbons (Fsp3) is 0.125. The van der Waals surface area contributed by atoms with Crippen LogP contribution in [0.1, 0.15) is 5.56 Å². The average Bonchev–Trinajstić information content (AvgIpc) is 2.16. The van der Waals surface area contributed by atoms with Crippen LogP contribution in [0, 0.1) is 27.3 Å². The van der Waals surface area contributed by atoms with E-state index in [1.807, 2.05) is 0 Å². The molecule has 0 bridgehead atoms. The molecule has 1 aromatic rings. The predicted molar refractivity (Wildman–Crippen MR) is 53.8 cm³/mol. The van der Waals surface area contributed by atoms with Gasteiger partial charge in [0.1, 0.15) is 10.7 Å². The number of nitriles is 1. The third-order valence-electron chi connectivity index (χ3n) is 2.04. The molecule has 0 aliphatic rings. The van der Waals surface area contributed by atoms with Gasteiger partial charge in [-0.1, -0.05) is 19.4 Å². The van der Waals surface area contributed by atoms with E-state index in [9.17, 15) is 33.9 Å². The topological polar surface area (TPSA) is 66.9 Å². The maximum absolute atomic E-state index is 13.3. The number of rotatable bonds is 3. The van der Waals surface area contributed by atoms with Crippen molar-refractivity contribution < 1.29 is 28.7 Å². The summed E-state index contributed by atoms with van der Waals surface area (Å²) in [6.07, 6.45) is -0.914. The van der Waals surface area contributed by atoms with Gasteiger partial charge in [0.2, 0.25) is 0 Å². The Kier molecular flexibility index (Phi) is 2.81. The van der Waals surface area contributed by atoms with Gasteiger partial charge in [-0.15, -0.1) is 0 Å². The molecule has 0 spiro atoms. The lowest BCUT2D eigenvalue weighted by atomic mass is 10.1. The minimum atomic E-state index is -10.2. The molecule has 11 heteroatoms.